The van der Waals surface area contributed by atoms with Gasteiger partial charge in [0.2, 0.25) is 17.7 Å². The molecule has 8 heteroatoms. The van der Waals surface area contributed by atoms with Crippen LogP contribution in [0.5, 0.6) is 5.75 Å². The van der Waals surface area contributed by atoms with Gasteiger partial charge in [-0.3, -0.25) is 14.4 Å². The number of halogens is 1. The van der Waals surface area contributed by atoms with Gasteiger partial charge in [0, 0.05) is 16.8 Å². The zero-order valence-electron chi connectivity index (χ0n) is 16.1. The molecule has 0 aromatic heterocycles. The Morgan fingerprint density at radius 3 is 2.34 bits per heavy atom. The fourth-order valence-corrected chi connectivity index (χ4v) is 2.40. The number of hydrogen-bond donors (Lipinski definition) is 3. The lowest BCUT2D eigenvalue weighted by molar-refractivity contribution is -0.127. The van der Waals surface area contributed by atoms with Crippen molar-refractivity contribution < 1.29 is 19.1 Å². The molecule has 29 heavy (non-hydrogen) atoms. The maximum Gasteiger partial charge on any atom is 0.244 e. The number of rotatable bonds is 8. The van der Waals surface area contributed by atoms with Crippen LogP contribution >= 0.6 is 11.6 Å². The highest BCUT2D eigenvalue weighted by molar-refractivity contribution is 6.30. The minimum atomic E-state index is -0.800. The molecule has 0 heterocycles. The molecule has 3 N–H and O–H groups in total. The van der Waals surface area contributed by atoms with Crippen molar-refractivity contribution in [2.75, 3.05) is 19.0 Å². The first-order chi connectivity index (χ1) is 13.9. The lowest BCUT2D eigenvalue weighted by Crippen LogP contribution is -2.46. The number of amides is 3. The number of methoxy groups -OCH3 is 1. The number of hydrogen-bond acceptors (Lipinski definition) is 4. The number of carbonyl (C=O) groups excluding carboxylic acids is 3. The molecule has 0 aliphatic carbocycles. The first-order valence-corrected chi connectivity index (χ1v) is 9.21. The van der Waals surface area contributed by atoms with Crippen LogP contribution in [0.2, 0.25) is 5.02 Å². The number of benzene rings is 2. The van der Waals surface area contributed by atoms with E-state index in [1.54, 1.807) is 61.7 Å². The predicted octanol–water partition coefficient (Wildman–Crippen LogP) is 2.62. The summed E-state index contributed by atoms with van der Waals surface area (Å²) in [5, 5.41) is 8.21. The topological polar surface area (TPSA) is 96.5 Å². The number of nitrogens with one attached hydrogen (secondary N) is 3. The summed E-state index contributed by atoms with van der Waals surface area (Å²) in [5.41, 5.74) is 1.38. The molecular weight excluding hydrogens is 394 g/mol. The number of anilines is 1. The van der Waals surface area contributed by atoms with Gasteiger partial charge in [0.15, 0.2) is 0 Å². The first-order valence-electron chi connectivity index (χ1n) is 8.83. The summed E-state index contributed by atoms with van der Waals surface area (Å²) in [6.07, 6.45) is 2.96. The molecule has 0 fully saturated rings. The van der Waals surface area contributed by atoms with Crippen molar-refractivity contribution in [2.45, 2.75) is 13.0 Å². The van der Waals surface area contributed by atoms with Crippen LogP contribution in [0.4, 0.5) is 5.69 Å². The summed E-state index contributed by atoms with van der Waals surface area (Å²) < 4.78 is 5.07. The van der Waals surface area contributed by atoms with Gasteiger partial charge in [-0.15, -0.1) is 0 Å². The van der Waals surface area contributed by atoms with E-state index in [0.717, 1.165) is 11.3 Å². The molecule has 0 spiro atoms. The van der Waals surface area contributed by atoms with Crippen molar-refractivity contribution in [1.82, 2.24) is 10.6 Å². The van der Waals surface area contributed by atoms with Crippen molar-refractivity contribution in [3.63, 3.8) is 0 Å². The van der Waals surface area contributed by atoms with E-state index in [1.807, 2.05) is 0 Å². The molecular formula is C21H22ClN3O4. The SMILES string of the molecule is COc1ccc(C=CC(=O)NC(C)C(=O)NCC(=O)Nc2ccc(Cl)cc2)cc1. The van der Waals surface area contributed by atoms with Gasteiger partial charge in [-0.1, -0.05) is 23.7 Å². The van der Waals surface area contributed by atoms with Crippen LogP contribution in [-0.2, 0) is 14.4 Å². The van der Waals surface area contributed by atoms with Gasteiger partial charge in [0.1, 0.15) is 11.8 Å². The molecule has 0 bridgehead atoms. The van der Waals surface area contributed by atoms with Crippen LogP contribution in [0.3, 0.4) is 0 Å². The van der Waals surface area contributed by atoms with E-state index >= 15 is 0 Å². The largest absolute Gasteiger partial charge is 0.497 e. The smallest absolute Gasteiger partial charge is 0.244 e. The molecule has 2 aromatic carbocycles. The maximum absolute atomic E-state index is 12.1. The molecule has 0 saturated carbocycles. The van der Waals surface area contributed by atoms with Crippen molar-refractivity contribution in [3.8, 4) is 5.75 Å². The maximum atomic E-state index is 12.1. The molecule has 0 aliphatic heterocycles. The lowest BCUT2D eigenvalue weighted by atomic mass is 10.2. The summed E-state index contributed by atoms with van der Waals surface area (Å²) in [6.45, 7) is 1.31. The molecule has 2 rings (SSSR count). The molecule has 0 saturated heterocycles. The standard InChI is InChI=1S/C21H22ClN3O4/c1-14(24-19(26)12-5-15-3-10-18(29-2)11-4-15)21(28)23-13-20(27)25-17-8-6-16(22)7-9-17/h3-12,14H,13H2,1-2H3,(H,23,28)(H,24,26)(H,25,27). The Hall–Kier alpha value is -3.32. The zero-order valence-corrected chi connectivity index (χ0v) is 16.8. The molecule has 1 unspecified atom stereocenters. The summed E-state index contributed by atoms with van der Waals surface area (Å²) in [5.74, 6) is -0.563. The molecule has 2 aromatic rings. The van der Waals surface area contributed by atoms with Gasteiger partial charge in [-0.2, -0.15) is 0 Å². The van der Waals surface area contributed by atoms with Crippen molar-refractivity contribution in [3.05, 3.63) is 65.2 Å². The van der Waals surface area contributed by atoms with Crippen molar-refractivity contribution in [1.29, 1.82) is 0 Å². The van der Waals surface area contributed by atoms with Gasteiger partial charge in [0.25, 0.3) is 0 Å². The van der Waals surface area contributed by atoms with E-state index in [1.165, 1.54) is 13.0 Å². The molecule has 3 amide bonds. The summed E-state index contributed by atoms with van der Waals surface area (Å²) >= 11 is 5.78. The van der Waals surface area contributed by atoms with Crippen molar-refractivity contribution in [2.24, 2.45) is 0 Å². The monoisotopic (exact) mass is 415 g/mol. The second kappa shape index (κ2) is 10.9. The Morgan fingerprint density at radius 1 is 1.07 bits per heavy atom. The fraction of sp³-hybridized carbons (Fsp3) is 0.190. The summed E-state index contributed by atoms with van der Waals surface area (Å²) in [7, 11) is 1.58. The number of carbonyl (C=O) groups is 3. The average molecular weight is 416 g/mol. The first kappa shape index (κ1) is 22.0. The van der Waals surface area contributed by atoms with E-state index < -0.39 is 23.8 Å². The second-order valence-corrected chi connectivity index (χ2v) is 6.55. The molecule has 0 aliphatic rings. The second-order valence-electron chi connectivity index (χ2n) is 6.11. The third-order valence-corrected chi connectivity index (χ3v) is 4.10. The average Bonchev–Trinajstić information content (AvgIpc) is 2.72. The van der Waals surface area contributed by atoms with Crippen LogP contribution in [-0.4, -0.2) is 37.4 Å². The minimum absolute atomic E-state index is 0.219. The third kappa shape index (κ3) is 7.67. The van der Waals surface area contributed by atoms with Gasteiger partial charge < -0.3 is 20.7 Å². The van der Waals surface area contributed by atoms with E-state index in [4.69, 9.17) is 16.3 Å². The normalized spacial score (nSPS) is 11.6. The molecule has 7 nitrogen and oxygen atoms in total. The lowest BCUT2D eigenvalue weighted by Gasteiger charge is -2.13. The van der Waals surface area contributed by atoms with Gasteiger partial charge in [-0.05, 0) is 55.0 Å². The number of ether oxygens (including phenoxy) is 1. The van der Waals surface area contributed by atoms with Gasteiger partial charge >= 0.3 is 0 Å². The molecule has 152 valence electrons. The third-order valence-electron chi connectivity index (χ3n) is 3.85. The predicted molar refractivity (Wildman–Crippen MR) is 113 cm³/mol. The van der Waals surface area contributed by atoms with Crippen LogP contribution < -0.4 is 20.7 Å². The highest BCUT2D eigenvalue weighted by atomic mass is 35.5. The highest BCUT2D eigenvalue weighted by Crippen LogP contribution is 2.13. The fourth-order valence-electron chi connectivity index (χ4n) is 2.27. The van der Waals surface area contributed by atoms with Crippen LogP contribution in [0.25, 0.3) is 6.08 Å². The van der Waals surface area contributed by atoms with E-state index in [-0.39, 0.29) is 6.54 Å². The Bertz CT molecular complexity index is 880. The van der Waals surface area contributed by atoms with E-state index in [9.17, 15) is 14.4 Å². The Labute approximate surface area is 174 Å². The molecule has 1 atom stereocenters. The minimum Gasteiger partial charge on any atom is -0.497 e. The summed E-state index contributed by atoms with van der Waals surface area (Å²) in [4.78, 5) is 35.9. The zero-order chi connectivity index (χ0) is 21.2. The Morgan fingerprint density at radius 2 is 1.72 bits per heavy atom. The Balaban J connectivity index is 1.75. The Kier molecular flexibility index (Phi) is 8.24. The van der Waals surface area contributed by atoms with Gasteiger partial charge in [-0.25, -0.2) is 0 Å². The van der Waals surface area contributed by atoms with Crippen LogP contribution in [0.15, 0.2) is 54.6 Å². The molecule has 0 radical (unpaired) electrons. The van der Waals surface area contributed by atoms with Crippen LogP contribution in [0.1, 0.15) is 12.5 Å². The highest BCUT2D eigenvalue weighted by Gasteiger charge is 2.15. The van der Waals surface area contributed by atoms with E-state index in [0.29, 0.717) is 10.7 Å². The summed E-state index contributed by atoms with van der Waals surface area (Å²) in [6, 6.07) is 13.0. The van der Waals surface area contributed by atoms with Crippen LogP contribution in [0, 0.1) is 0 Å². The van der Waals surface area contributed by atoms with Gasteiger partial charge in [0.05, 0.1) is 13.7 Å². The van der Waals surface area contributed by atoms with Crippen molar-refractivity contribution >= 4 is 41.1 Å². The quantitative estimate of drug-likeness (QED) is 0.577. The van der Waals surface area contributed by atoms with E-state index in [2.05, 4.69) is 16.0 Å².